The summed E-state index contributed by atoms with van der Waals surface area (Å²) in [5.74, 6) is -0.959. The van der Waals surface area contributed by atoms with E-state index in [0.29, 0.717) is 18.0 Å². The van der Waals surface area contributed by atoms with Crippen molar-refractivity contribution < 1.29 is 19.0 Å². The first-order chi connectivity index (χ1) is 9.16. The molecule has 5 heteroatoms. The molecule has 0 radical (unpaired) electrons. The van der Waals surface area contributed by atoms with Gasteiger partial charge in [-0.15, -0.1) is 0 Å². The van der Waals surface area contributed by atoms with Crippen molar-refractivity contribution in [3.8, 4) is 0 Å². The maximum Gasteiger partial charge on any atom is 0.335 e. The van der Waals surface area contributed by atoms with E-state index < -0.39 is 5.97 Å². The summed E-state index contributed by atoms with van der Waals surface area (Å²) < 4.78 is 18.9. The van der Waals surface area contributed by atoms with Gasteiger partial charge in [-0.3, -0.25) is 0 Å². The van der Waals surface area contributed by atoms with Gasteiger partial charge in [0.15, 0.2) is 0 Å². The zero-order valence-electron chi connectivity index (χ0n) is 10.7. The maximum atomic E-state index is 13.5. The summed E-state index contributed by atoms with van der Waals surface area (Å²) in [7, 11) is 0. The Morgan fingerprint density at radius 1 is 1.53 bits per heavy atom. The third kappa shape index (κ3) is 4.01. The number of hydrogen-bond acceptors (Lipinski definition) is 3. The molecule has 2 rings (SSSR count). The standard InChI is InChI=1S/C14H18FNO3/c15-13-4-3-11(14(17)18)6-12(13)8-16-7-10-2-1-5-19-9-10/h3-4,6,10,16H,1-2,5,7-9H2,(H,17,18). The van der Waals surface area contributed by atoms with Crippen molar-refractivity contribution in [3.63, 3.8) is 0 Å². The van der Waals surface area contributed by atoms with Crippen molar-refractivity contribution >= 4 is 5.97 Å². The number of nitrogens with one attached hydrogen (secondary N) is 1. The van der Waals surface area contributed by atoms with Crippen LogP contribution in [0.2, 0.25) is 0 Å². The van der Waals surface area contributed by atoms with E-state index in [9.17, 15) is 9.18 Å². The molecule has 1 heterocycles. The molecule has 19 heavy (non-hydrogen) atoms. The molecule has 1 aromatic carbocycles. The van der Waals surface area contributed by atoms with Crippen LogP contribution in [0.3, 0.4) is 0 Å². The summed E-state index contributed by atoms with van der Waals surface area (Å²) in [6, 6.07) is 3.85. The molecule has 0 bridgehead atoms. The Kier molecular flexibility index (Phi) is 4.87. The van der Waals surface area contributed by atoms with Crippen LogP contribution in [0.25, 0.3) is 0 Å². The van der Waals surface area contributed by atoms with Crippen LogP contribution in [0.15, 0.2) is 18.2 Å². The molecule has 1 aromatic rings. The third-order valence-electron chi connectivity index (χ3n) is 3.30. The van der Waals surface area contributed by atoms with Crippen LogP contribution in [-0.4, -0.2) is 30.8 Å². The summed E-state index contributed by atoms with van der Waals surface area (Å²) in [5.41, 5.74) is 0.496. The second-order valence-corrected chi connectivity index (χ2v) is 4.83. The Morgan fingerprint density at radius 2 is 2.37 bits per heavy atom. The minimum Gasteiger partial charge on any atom is -0.478 e. The second-order valence-electron chi connectivity index (χ2n) is 4.83. The van der Waals surface area contributed by atoms with Crippen LogP contribution in [0.1, 0.15) is 28.8 Å². The third-order valence-corrected chi connectivity index (χ3v) is 3.30. The van der Waals surface area contributed by atoms with Crippen LogP contribution >= 0.6 is 0 Å². The minimum absolute atomic E-state index is 0.110. The van der Waals surface area contributed by atoms with Gasteiger partial charge in [-0.1, -0.05) is 0 Å². The van der Waals surface area contributed by atoms with Gasteiger partial charge >= 0.3 is 5.97 Å². The molecule has 2 N–H and O–H groups in total. The Morgan fingerprint density at radius 3 is 3.05 bits per heavy atom. The predicted molar refractivity (Wildman–Crippen MR) is 68.6 cm³/mol. The summed E-state index contributed by atoms with van der Waals surface area (Å²) in [6.45, 7) is 2.66. The highest BCUT2D eigenvalue weighted by Crippen LogP contribution is 2.14. The smallest absolute Gasteiger partial charge is 0.335 e. The molecule has 1 fully saturated rings. The van der Waals surface area contributed by atoms with Crippen LogP contribution in [-0.2, 0) is 11.3 Å². The average molecular weight is 267 g/mol. The number of aromatic carboxylic acids is 1. The van der Waals surface area contributed by atoms with Gasteiger partial charge in [0.25, 0.3) is 0 Å². The first kappa shape index (κ1) is 14.0. The van der Waals surface area contributed by atoms with Crippen molar-refractivity contribution in [2.24, 2.45) is 5.92 Å². The van der Waals surface area contributed by atoms with Crippen LogP contribution in [0.5, 0.6) is 0 Å². The Balaban J connectivity index is 1.87. The van der Waals surface area contributed by atoms with Gasteiger partial charge in [0, 0.05) is 25.3 Å². The van der Waals surface area contributed by atoms with Gasteiger partial charge in [0.1, 0.15) is 5.82 Å². The Hall–Kier alpha value is -1.46. The highest BCUT2D eigenvalue weighted by atomic mass is 19.1. The van der Waals surface area contributed by atoms with Gasteiger partial charge in [-0.2, -0.15) is 0 Å². The zero-order chi connectivity index (χ0) is 13.7. The van der Waals surface area contributed by atoms with Crippen LogP contribution < -0.4 is 5.32 Å². The predicted octanol–water partition coefficient (Wildman–Crippen LogP) is 2.04. The van der Waals surface area contributed by atoms with Gasteiger partial charge in [0.2, 0.25) is 0 Å². The number of rotatable bonds is 5. The van der Waals surface area contributed by atoms with Crippen molar-refractivity contribution in [1.82, 2.24) is 5.32 Å². The topological polar surface area (TPSA) is 58.6 Å². The number of ether oxygens (including phenoxy) is 1. The number of carbonyl (C=O) groups is 1. The first-order valence-corrected chi connectivity index (χ1v) is 6.47. The normalized spacial score (nSPS) is 19.3. The van der Waals surface area contributed by atoms with E-state index >= 15 is 0 Å². The summed E-state index contributed by atoms with van der Waals surface area (Å²) in [4.78, 5) is 10.8. The van der Waals surface area contributed by atoms with E-state index in [1.54, 1.807) is 0 Å². The van der Waals surface area contributed by atoms with Gasteiger partial charge < -0.3 is 15.2 Å². The van der Waals surface area contributed by atoms with E-state index in [1.165, 1.54) is 18.2 Å². The van der Waals surface area contributed by atoms with E-state index in [2.05, 4.69) is 5.32 Å². The lowest BCUT2D eigenvalue weighted by molar-refractivity contribution is 0.0547. The molecule has 0 aliphatic carbocycles. The number of hydrogen-bond donors (Lipinski definition) is 2. The fraction of sp³-hybridized carbons (Fsp3) is 0.500. The average Bonchev–Trinajstić information content (AvgIpc) is 2.42. The first-order valence-electron chi connectivity index (χ1n) is 6.47. The van der Waals surface area contributed by atoms with Crippen LogP contribution in [0.4, 0.5) is 4.39 Å². The van der Waals surface area contributed by atoms with E-state index in [0.717, 1.165) is 32.6 Å². The van der Waals surface area contributed by atoms with E-state index in [1.807, 2.05) is 0 Å². The molecule has 1 aliphatic rings. The van der Waals surface area contributed by atoms with E-state index in [4.69, 9.17) is 9.84 Å². The molecule has 0 spiro atoms. The molecule has 1 atom stereocenters. The van der Waals surface area contributed by atoms with Crippen molar-refractivity contribution in [1.29, 1.82) is 0 Å². The highest BCUT2D eigenvalue weighted by Gasteiger charge is 2.14. The fourth-order valence-electron chi connectivity index (χ4n) is 2.22. The molecule has 1 saturated heterocycles. The molecule has 104 valence electrons. The fourth-order valence-corrected chi connectivity index (χ4v) is 2.22. The number of benzene rings is 1. The monoisotopic (exact) mass is 267 g/mol. The SMILES string of the molecule is O=C(O)c1ccc(F)c(CNCC2CCCOC2)c1. The zero-order valence-corrected chi connectivity index (χ0v) is 10.7. The lowest BCUT2D eigenvalue weighted by Gasteiger charge is -2.22. The molecular weight excluding hydrogens is 249 g/mol. The Labute approximate surface area is 111 Å². The molecule has 0 amide bonds. The van der Waals surface area contributed by atoms with Crippen LogP contribution in [0, 0.1) is 11.7 Å². The second kappa shape index (κ2) is 6.63. The van der Waals surface area contributed by atoms with Crippen molar-refractivity contribution in [2.45, 2.75) is 19.4 Å². The highest BCUT2D eigenvalue weighted by molar-refractivity contribution is 5.87. The molecule has 0 saturated carbocycles. The Bertz CT molecular complexity index is 444. The van der Waals surface area contributed by atoms with Gasteiger partial charge in [0.05, 0.1) is 12.2 Å². The quantitative estimate of drug-likeness (QED) is 0.857. The lowest BCUT2D eigenvalue weighted by atomic mass is 10.0. The molecule has 1 aliphatic heterocycles. The summed E-state index contributed by atoms with van der Waals surface area (Å²) >= 11 is 0. The van der Waals surface area contributed by atoms with Crippen molar-refractivity contribution in [3.05, 3.63) is 35.1 Å². The number of halogens is 1. The number of carboxylic acid groups (broad SMARTS) is 1. The summed E-state index contributed by atoms with van der Waals surface area (Å²) in [6.07, 6.45) is 2.18. The minimum atomic E-state index is -1.04. The molecular formula is C14H18FNO3. The van der Waals surface area contributed by atoms with Gasteiger partial charge in [-0.05, 0) is 37.0 Å². The lowest BCUT2D eigenvalue weighted by Crippen LogP contribution is -2.29. The van der Waals surface area contributed by atoms with Gasteiger partial charge in [-0.25, -0.2) is 9.18 Å². The molecule has 1 unspecified atom stereocenters. The van der Waals surface area contributed by atoms with Crippen molar-refractivity contribution in [2.75, 3.05) is 19.8 Å². The molecule has 4 nitrogen and oxygen atoms in total. The maximum absolute atomic E-state index is 13.5. The van der Waals surface area contributed by atoms with E-state index in [-0.39, 0.29) is 11.4 Å². The summed E-state index contributed by atoms with van der Waals surface area (Å²) in [5, 5.41) is 12.0. The molecule has 0 aromatic heterocycles. The number of carboxylic acids is 1. The largest absolute Gasteiger partial charge is 0.478 e.